The van der Waals surface area contributed by atoms with Gasteiger partial charge in [-0.3, -0.25) is 4.79 Å². The summed E-state index contributed by atoms with van der Waals surface area (Å²) in [6, 6.07) is 9.07. The number of carbonyl (C=O) groups is 1. The second-order valence-corrected chi connectivity index (χ2v) is 5.06. The molecule has 1 aromatic carbocycles. The molecule has 6 heteroatoms. The van der Waals surface area contributed by atoms with Crippen molar-refractivity contribution >= 4 is 17.4 Å². The van der Waals surface area contributed by atoms with E-state index in [9.17, 15) is 4.79 Å². The van der Waals surface area contributed by atoms with Gasteiger partial charge in [-0.15, -0.1) is 0 Å². The summed E-state index contributed by atoms with van der Waals surface area (Å²) in [6.45, 7) is 0.648. The molecule has 0 spiro atoms. The van der Waals surface area contributed by atoms with Crippen LogP contribution in [0.5, 0.6) is 0 Å². The van der Waals surface area contributed by atoms with E-state index in [0.29, 0.717) is 18.1 Å². The first-order valence-electron chi connectivity index (χ1n) is 7.06. The summed E-state index contributed by atoms with van der Waals surface area (Å²) in [7, 11) is 0. The van der Waals surface area contributed by atoms with E-state index < -0.39 is 0 Å². The topological polar surface area (TPSA) is 82.2 Å². The van der Waals surface area contributed by atoms with E-state index in [1.165, 1.54) is 0 Å². The van der Waals surface area contributed by atoms with Gasteiger partial charge in [-0.2, -0.15) is 5.10 Å². The number of carbonyl (C=O) groups excluding carboxylic acids is 1. The third-order valence-electron chi connectivity index (χ3n) is 3.50. The molecule has 1 amide bonds. The first-order chi connectivity index (χ1) is 10.2. The van der Waals surface area contributed by atoms with Gasteiger partial charge in [0, 0.05) is 18.4 Å². The van der Waals surface area contributed by atoms with Gasteiger partial charge in [0.05, 0.1) is 11.9 Å². The minimum absolute atomic E-state index is 0.119. The number of benzene rings is 1. The Labute approximate surface area is 122 Å². The van der Waals surface area contributed by atoms with Crippen LogP contribution in [0.2, 0.25) is 0 Å². The van der Waals surface area contributed by atoms with Crippen molar-refractivity contribution in [3.63, 3.8) is 0 Å². The fourth-order valence-corrected chi connectivity index (χ4v) is 2.37. The first kappa shape index (κ1) is 13.6. The molecule has 1 aliphatic heterocycles. The lowest BCUT2D eigenvalue weighted by molar-refractivity contribution is -0.130. The number of amides is 1. The number of anilines is 2. The maximum absolute atomic E-state index is 12.2. The molecule has 2 heterocycles. The number of aromatic nitrogens is 2. The van der Waals surface area contributed by atoms with Crippen molar-refractivity contribution in [1.82, 2.24) is 9.78 Å². The Balaban J connectivity index is 1.76. The Morgan fingerprint density at radius 1 is 1.29 bits per heavy atom. The number of hydrogen-bond donors (Lipinski definition) is 2. The molecule has 1 atom stereocenters. The fourth-order valence-electron chi connectivity index (χ4n) is 2.37. The van der Waals surface area contributed by atoms with Crippen molar-refractivity contribution in [2.75, 3.05) is 17.7 Å². The molecule has 1 aromatic heterocycles. The van der Waals surface area contributed by atoms with Crippen LogP contribution in [0, 0.1) is 0 Å². The number of ether oxygens (including phenoxy) is 1. The predicted molar refractivity (Wildman–Crippen MR) is 80.2 cm³/mol. The van der Waals surface area contributed by atoms with Crippen molar-refractivity contribution in [3.8, 4) is 5.69 Å². The van der Waals surface area contributed by atoms with E-state index in [1.54, 1.807) is 29.1 Å². The molecule has 1 saturated heterocycles. The highest BCUT2D eigenvalue weighted by Crippen LogP contribution is 2.18. The predicted octanol–water partition coefficient (Wildman–Crippen LogP) is 1.96. The highest BCUT2D eigenvalue weighted by atomic mass is 16.5. The molecule has 0 aliphatic carbocycles. The van der Waals surface area contributed by atoms with Crippen molar-refractivity contribution < 1.29 is 9.53 Å². The number of nitrogen functional groups attached to an aromatic ring is 1. The van der Waals surface area contributed by atoms with Gasteiger partial charge in [0.25, 0.3) is 5.91 Å². The third-order valence-corrected chi connectivity index (χ3v) is 3.50. The van der Waals surface area contributed by atoms with Crippen molar-refractivity contribution in [1.29, 1.82) is 0 Å². The van der Waals surface area contributed by atoms with Gasteiger partial charge < -0.3 is 15.8 Å². The molecule has 1 fully saturated rings. The largest absolute Gasteiger partial charge is 0.399 e. The van der Waals surface area contributed by atoms with Gasteiger partial charge in [0.1, 0.15) is 11.9 Å². The van der Waals surface area contributed by atoms with Gasteiger partial charge in [-0.25, -0.2) is 4.68 Å². The highest BCUT2D eigenvalue weighted by Gasteiger charge is 2.22. The van der Waals surface area contributed by atoms with Crippen LogP contribution in [-0.2, 0) is 9.53 Å². The van der Waals surface area contributed by atoms with Crippen molar-refractivity contribution in [2.24, 2.45) is 0 Å². The van der Waals surface area contributed by atoms with E-state index in [-0.39, 0.29) is 12.0 Å². The lowest BCUT2D eigenvalue weighted by Gasteiger charge is -2.21. The van der Waals surface area contributed by atoms with Crippen molar-refractivity contribution in [2.45, 2.75) is 25.4 Å². The van der Waals surface area contributed by atoms with Gasteiger partial charge in [0.15, 0.2) is 0 Å². The van der Waals surface area contributed by atoms with Crippen LogP contribution >= 0.6 is 0 Å². The molecule has 2 aromatic rings. The van der Waals surface area contributed by atoms with Crippen LogP contribution in [0.15, 0.2) is 36.5 Å². The average Bonchev–Trinajstić information content (AvgIpc) is 2.97. The molecule has 21 heavy (non-hydrogen) atoms. The smallest absolute Gasteiger partial charge is 0.254 e. The molecular weight excluding hydrogens is 268 g/mol. The number of rotatable bonds is 3. The molecule has 0 saturated carbocycles. The Bertz CT molecular complexity index is 615. The van der Waals surface area contributed by atoms with Gasteiger partial charge in [-0.1, -0.05) is 0 Å². The number of nitrogens with zero attached hydrogens (tertiary/aromatic N) is 2. The van der Waals surface area contributed by atoms with E-state index in [2.05, 4.69) is 10.4 Å². The van der Waals surface area contributed by atoms with E-state index in [1.807, 2.05) is 12.1 Å². The summed E-state index contributed by atoms with van der Waals surface area (Å²) >= 11 is 0. The summed E-state index contributed by atoms with van der Waals surface area (Å²) < 4.78 is 7.16. The SMILES string of the molecule is Nc1ccc(-n2nccc2NC(=O)C2CCCCO2)cc1. The van der Waals surface area contributed by atoms with Crippen molar-refractivity contribution in [3.05, 3.63) is 36.5 Å². The zero-order valence-corrected chi connectivity index (χ0v) is 11.7. The van der Waals surface area contributed by atoms with Gasteiger partial charge >= 0.3 is 0 Å². The molecule has 110 valence electrons. The quantitative estimate of drug-likeness (QED) is 0.845. The zero-order chi connectivity index (χ0) is 14.7. The standard InChI is InChI=1S/C15H18N4O2/c16-11-4-6-12(7-5-11)19-14(8-9-17-19)18-15(20)13-3-1-2-10-21-13/h4-9,13H,1-3,10,16H2,(H,18,20). The first-order valence-corrected chi connectivity index (χ1v) is 7.06. The minimum Gasteiger partial charge on any atom is -0.399 e. The van der Waals surface area contributed by atoms with E-state index >= 15 is 0 Å². The van der Waals surface area contributed by atoms with Crippen LogP contribution in [0.3, 0.4) is 0 Å². The van der Waals surface area contributed by atoms with E-state index in [0.717, 1.165) is 24.9 Å². The zero-order valence-electron chi connectivity index (χ0n) is 11.7. The third kappa shape index (κ3) is 3.05. The summed E-state index contributed by atoms with van der Waals surface area (Å²) in [4.78, 5) is 12.2. The summed E-state index contributed by atoms with van der Waals surface area (Å²) in [5.41, 5.74) is 7.21. The normalized spacial score (nSPS) is 18.4. The molecule has 6 nitrogen and oxygen atoms in total. The van der Waals surface area contributed by atoms with Gasteiger partial charge in [-0.05, 0) is 43.5 Å². The second kappa shape index (κ2) is 5.97. The second-order valence-electron chi connectivity index (χ2n) is 5.06. The van der Waals surface area contributed by atoms with E-state index in [4.69, 9.17) is 10.5 Å². The molecule has 1 aliphatic rings. The molecule has 0 bridgehead atoms. The van der Waals surface area contributed by atoms with Crippen LogP contribution in [0.25, 0.3) is 5.69 Å². The maximum atomic E-state index is 12.2. The van der Waals surface area contributed by atoms with Crippen LogP contribution in [-0.4, -0.2) is 28.4 Å². The Morgan fingerprint density at radius 3 is 2.81 bits per heavy atom. The number of nitrogens with two attached hydrogens (primary N) is 1. The lowest BCUT2D eigenvalue weighted by atomic mass is 10.1. The Kier molecular flexibility index (Phi) is 3.87. The maximum Gasteiger partial charge on any atom is 0.254 e. The summed E-state index contributed by atoms with van der Waals surface area (Å²) in [5.74, 6) is 0.505. The fraction of sp³-hybridized carbons (Fsp3) is 0.333. The van der Waals surface area contributed by atoms with Crippen LogP contribution < -0.4 is 11.1 Å². The summed E-state index contributed by atoms with van der Waals surface area (Å²) in [6.07, 6.45) is 4.09. The molecular formula is C15H18N4O2. The number of nitrogens with one attached hydrogen (secondary N) is 1. The van der Waals surface area contributed by atoms with Crippen LogP contribution in [0.4, 0.5) is 11.5 Å². The minimum atomic E-state index is -0.367. The molecule has 3 rings (SSSR count). The number of hydrogen-bond acceptors (Lipinski definition) is 4. The molecule has 1 unspecified atom stereocenters. The highest BCUT2D eigenvalue weighted by molar-refractivity contribution is 5.93. The van der Waals surface area contributed by atoms with Crippen LogP contribution in [0.1, 0.15) is 19.3 Å². The molecule has 0 radical (unpaired) electrons. The Morgan fingerprint density at radius 2 is 2.10 bits per heavy atom. The average molecular weight is 286 g/mol. The monoisotopic (exact) mass is 286 g/mol. The molecule has 3 N–H and O–H groups in total. The summed E-state index contributed by atoms with van der Waals surface area (Å²) in [5, 5.41) is 7.11. The lowest BCUT2D eigenvalue weighted by Crippen LogP contribution is -2.33. The van der Waals surface area contributed by atoms with Gasteiger partial charge in [0.2, 0.25) is 0 Å². The Hall–Kier alpha value is -2.34.